The number of carbonyl (C=O) groups is 1. The Morgan fingerprint density at radius 1 is 1.47 bits per heavy atom. The molecule has 1 aromatic rings. The van der Waals surface area contributed by atoms with E-state index in [0.717, 1.165) is 24.1 Å². The molecule has 1 amide bonds. The van der Waals surface area contributed by atoms with Gasteiger partial charge in [-0.25, -0.2) is 0 Å². The normalized spacial score (nSPS) is 24.6. The molecule has 0 aromatic carbocycles. The Labute approximate surface area is 115 Å². The van der Waals surface area contributed by atoms with Gasteiger partial charge in [-0.15, -0.1) is 11.3 Å². The Morgan fingerprint density at radius 3 is 2.88 bits per heavy atom. The molecule has 1 aliphatic carbocycles. The number of aryl methyl sites for hydroxylation is 1. The molecule has 2 unspecified atom stereocenters. The Morgan fingerprint density at radius 2 is 2.24 bits per heavy atom. The second kappa shape index (κ2) is 6.01. The molecule has 1 aromatic heterocycles. The number of thiophene rings is 1. The molecule has 94 valence electrons. The monoisotopic (exact) mass is 315 g/mol. The van der Waals surface area contributed by atoms with Crippen LogP contribution in [-0.4, -0.2) is 16.8 Å². The van der Waals surface area contributed by atoms with E-state index in [1.165, 1.54) is 17.7 Å². The lowest BCUT2D eigenvalue weighted by atomic mass is 9.95. The van der Waals surface area contributed by atoms with Crippen molar-refractivity contribution in [3.8, 4) is 0 Å². The highest BCUT2D eigenvalue weighted by molar-refractivity contribution is 9.09. The van der Waals surface area contributed by atoms with Gasteiger partial charge >= 0.3 is 0 Å². The standard InChI is InChI=1S/C13H18BrNOS/c1-2-9-7-8-12(17-9)13(16)15-11-6-4-3-5-10(11)14/h7-8,10-11H,2-6H2,1H3,(H,15,16). The van der Waals surface area contributed by atoms with Crippen molar-refractivity contribution in [2.45, 2.75) is 49.9 Å². The third-order valence-electron chi connectivity index (χ3n) is 3.23. The van der Waals surface area contributed by atoms with Crippen molar-refractivity contribution in [1.29, 1.82) is 0 Å². The predicted octanol–water partition coefficient (Wildman–Crippen LogP) is 3.75. The molecule has 4 heteroatoms. The van der Waals surface area contributed by atoms with Crippen LogP contribution in [0.1, 0.15) is 47.2 Å². The van der Waals surface area contributed by atoms with Crippen LogP contribution in [0.15, 0.2) is 12.1 Å². The molecule has 0 aliphatic heterocycles. The molecule has 0 spiro atoms. The number of rotatable bonds is 3. The maximum atomic E-state index is 12.1. The topological polar surface area (TPSA) is 29.1 Å². The molecule has 1 heterocycles. The van der Waals surface area contributed by atoms with Crippen molar-refractivity contribution >= 4 is 33.2 Å². The Balaban J connectivity index is 1.96. The fourth-order valence-electron chi connectivity index (χ4n) is 2.18. The van der Waals surface area contributed by atoms with Crippen LogP contribution in [0.5, 0.6) is 0 Å². The lowest BCUT2D eigenvalue weighted by molar-refractivity contribution is 0.0934. The maximum Gasteiger partial charge on any atom is 0.261 e. The van der Waals surface area contributed by atoms with Crippen molar-refractivity contribution in [3.63, 3.8) is 0 Å². The van der Waals surface area contributed by atoms with Gasteiger partial charge in [0.25, 0.3) is 5.91 Å². The predicted molar refractivity (Wildman–Crippen MR) is 76.1 cm³/mol. The van der Waals surface area contributed by atoms with E-state index in [9.17, 15) is 4.79 Å². The van der Waals surface area contributed by atoms with Gasteiger partial charge in [0.2, 0.25) is 0 Å². The van der Waals surface area contributed by atoms with Gasteiger partial charge in [-0.3, -0.25) is 4.79 Å². The SMILES string of the molecule is CCc1ccc(C(=O)NC2CCCCC2Br)s1. The number of amides is 1. The smallest absolute Gasteiger partial charge is 0.261 e. The van der Waals surface area contributed by atoms with E-state index in [1.807, 2.05) is 12.1 Å². The molecule has 1 N–H and O–H groups in total. The molecule has 2 nitrogen and oxygen atoms in total. The van der Waals surface area contributed by atoms with E-state index in [2.05, 4.69) is 28.2 Å². The molecular formula is C13H18BrNOS. The van der Waals surface area contributed by atoms with Crippen LogP contribution in [0.4, 0.5) is 0 Å². The molecule has 1 fully saturated rings. The molecular weight excluding hydrogens is 298 g/mol. The molecule has 0 saturated heterocycles. The number of nitrogens with one attached hydrogen (secondary N) is 1. The van der Waals surface area contributed by atoms with Gasteiger partial charge in [-0.1, -0.05) is 35.7 Å². The fourth-order valence-corrected chi connectivity index (χ4v) is 3.75. The summed E-state index contributed by atoms with van der Waals surface area (Å²) in [6.45, 7) is 2.11. The zero-order chi connectivity index (χ0) is 12.3. The first-order chi connectivity index (χ1) is 8.20. The highest BCUT2D eigenvalue weighted by atomic mass is 79.9. The number of alkyl halides is 1. The summed E-state index contributed by atoms with van der Waals surface area (Å²) < 4.78 is 0. The first kappa shape index (κ1) is 13.1. The molecule has 0 radical (unpaired) electrons. The number of hydrogen-bond donors (Lipinski definition) is 1. The summed E-state index contributed by atoms with van der Waals surface area (Å²) in [4.78, 5) is 14.6. The van der Waals surface area contributed by atoms with Crippen molar-refractivity contribution in [3.05, 3.63) is 21.9 Å². The largest absolute Gasteiger partial charge is 0.347 e. The summed E-state index contributed by atoms with van der Waals surface area (Å²) >= 11 is 5.27. The summed E-state index contributed by atoms with van der Waals surface area (Å²) in [5.74, 6) is 0.0889. The minimum atomic E-state index is 0.0889. The van der Waals surface area contributed by atoms with Gasteiger partial charge in [-0.2, -0.15) is 0 Å². The molecule has 1 aliphatic rings. The second-order valence-corrected chi connectivity index (χ2v) is 6.84. The molecule has 1 saturated carbocycles. The Hall–Kier alpha value is -0.350. The van der Waals surface area contributed by atoms with Gasteiger partial charge in [0, 0.05) is 15.7 Å². The van der Waals surface area contributed by atoms with E-state index in [1.54, 1.807) is 11.3 Å². The minimum Gasteiger partial charge on any atom is -0.347 e. The Bertz CT molecular complexity index is 391. The zero-order valence-electron chi connectivity index (χ0n) is 10.0. The fraction of sp³-hybridized carbons (Fsp3) is 0.615. The van der Waals surface area contributed by atoms with Crippen molar-refractivity contribution < 1.29 is 4.79 Å². The number of halogens is 1. The quantitative estimate of drug-likeness (QED) is 0.846. The van der Waals surface area contributed by atoms with Gasteiger partial charge in [0.1, 0.15) is 0 Å². The van der Waals surface area contributed by atoms with Gasteiger partial charge in [0.05, 0.1) is 4.88 Å². The number of hydrogen-bond acceptors (Lipinski definition) is 2. The van der Waals surface area contributed by atoms with E-state index < -0.39 is 0 Å². The van der Waals surface area contributed by atoms with Crippen LogP contribution in [0.3, 0.4) is 0 Å². The molecule has 17 heavy (non-hydrogen) atoms. The maximum absolute atomic E-state index is 12.1. The van der Waals surface area contributed by atoms with Gasteiger partial charge in [0.15, 0.2) is 0 Å². The van der Waals surface area contributed by atoms with Crippen LogP contribution in [0, 0.1) is 0 Å². The third-order valence-corrected chi connectivity index (χ3v) is 5.56. The second-order valence-electron chi connectivity index (χ2n) is 4.50. The van der Waals surface area contributed by atoms with E-state index >= 15 is 0 Å². The highest BCUT2D eigenvalue weighted by Gasteiger charge is 2.24. The third kappa shape index (κ3) is 3.32. The van der Waals surface area contributed by atoms with Crippen LogP contribution < -0.4 is 5.32 Å². The Kier molecular flexibility index (Phi) is 4.62. The van der Waals surface area contributed by atoms with Crippen molar-refractivity contribution in [1.82, 2.24) is 5.32 Å². The molecule has 2 rings (SSSR count). The first-order valence-corrected chi connectivity index (χ1v) is 7.97. The van der Waals surface area contributed by atoms with Crippen molar-refractivity contribution in [2.24, 2.45) is 0 Å². The average molecular weight is 316 g/mol. The van der Waals surface area contributed by atoms with Crippen LogP contribution in [0.2, 0.25) is 0 Å². The zero-order valence-corrected chi connectivity index (χ0v) is 12.4. The van der Waals surface area contributed by atoms with E-state index in [0.29, 0.717) is 10.9 Å². The molecule has 0 bridgehead atoms. The van der Waals surface area contributed by atoms with Gasteiger partial charge < -0.3 is 5.32 Å². The van der Waals surface area contributed by atoms with Crippen LogP contribution in [0.25, 0.3) is 0 Å². The summed E-state index contributed by atoms with van der Waals surface area (Å²) in [5.41, 5.74) is 0. The lowest BCUT2D eigenvalue weighted by Crippen LogP contribution is -2.42. The summed E-state index contributed by atoms with van der Waals surface area (Å²) in [7, 11) is 0. The lowest BCUT2D eigenvalue weighted by Gasteiger charge is -2.27. The first-order valence-electron chi connectivity index (χ1n) is 6.24. The van der Waals surface area contributed by atoms with E-state index in [4.69, 9.17) is 0 Å². The average Bonchev–Trinajstić information content (AvgIpc) is 2.81. The van der Waals surface area contributed by atoms with Gasteiger partial charge in [-0.05, 0) is 31.4 Å². The summed E-state index contributed by atoms with van der Waals surface area (Å²) in [6.07, 6.45) is 5.74. The highest BCUT2D eigenvalue weighted by Crippen LogP contribution is 2.25. The minimum absolute atomic E-state index is 0.0889. The molecule has 2 atom stereocenters. The van der Waals surface area contributed by atoms with E-state index in [-0.39, 0.29) is 5.91 Å². The summed E-state index contributed by atoms with van der Waals surface area (Å²) in [5, 5.41) is 3.15. The van der Waals surface area contributed by atoms with Crippen LogP contribution in [-0.2, 0) is 6.42 Å². The van der Waals surface area contributed by atoms with Crippen LogP contribution >= 0.6 is 27.3 Å². The van der Waals surface area contributed by atoms with Crippen molar-refractivity contribution in [2.75, 3.05) is 0 Å². The number of carbonyl (C=O) groups excluding carboxylic acids is 1. The summed E-state index contributed by atoms with van der Waals surface area (Å²) in [6, 6.07) is 4.28.